The number of fused-ring (bicyclic) bond motifs is 1. The molecule has 1 N–H and O–H groups in total. The smallest absolute Gasteiger partial charge is 0.240 e. The summed E-state index contributed by atoms with van der Waals surface area (Å²) in [6, 6.07) is 19.2. The lowest BCUT2D eigenvalue weighted by Gasteiger charge is -2.34. The lowest BCUT2D eigenvalue weighted by atomic mass is 9.85. The molecule has 0 aliphatic carbocycles. The fourth-order valence-corrected chi connectivity index (χ4v) is 4.00. The van der Waals surface area contributed by atoms with Gasteiger partial charge < -0.3 is 9.84 Å². The zero-order chi connectivity index (χ0) is 20.8. The number of hydrogen-bond donors (Lipinski definition) is 1. The fraction of sp³-hybridized carbons (Fsp3) is 0.375. The number of aromatic nitrogens is 2. The first kappa shape index (κ1) is 20.3. The molecule has 6 nitrogen and oxygen atoms in total. The molecule has 156 valence electrons. The van der Waals surface area contributed by atoms with Crippen LogP contribution in [-0.2, 0) is 24.3 Å². The molecule has 3 aromatic rings. The monoisotopic (exact) mass is 404 g/mol. The van der Waals surface area contributed by atoms with Crippen LogP contribution in [0.1, 0.15) is 54.1 Å². The van der Waals surface area contributed by atoms with E-state index in [1.54, 1.807) is 0 Å². The highest BCUT2D eigenvalue weighted by Crippen LogP contribution is 2.33. The summed E-state index contributed by atoms with van der Waals surface area (Å²) in [5, 5.41) is 6.88. The average molecular weight is 405 g/mol. The molecule has 0 fully saturated rings. The van der Waals surface area contributed by atoms with Gasteiger partial charge in [0.2, 0.25) is 11.8 Å². The number of hydrogen-bond acceptors (Lipinski definition) is 5. The zero-order valence-corrected chi connectivity index (χ0v) is 17.4. The van der Waals surface area contributed by atoms with Crippen molar-refractivity contribution in [2.24, 2.45) is 0 Å². The lowest BCUT2D eigenvalue weighted by molar-refractivity contribution is -0.120. The van der Waals surface area contributed by atoms with Crippen LogP contribution in [0.3, 0.4) is 0 Å². The number of nitrogens with one attached hydrogen (secondary N) is 1. The second-order valence-electron chi connectivity index (χ2n) is 7.82. The zero-order valence-electron chi connectivity index (χ0n) is 17.4. The van der Waals surface area contributed by atoms with Gasteiger partial charge in [-0.05, 0) is 23.1 Å². The minimum absolute atomic E-state index is 0.0631. The van der Waals surface area contributed by atoms with E-state index in [1.165, 1.54) is 16.7 Å². The normalized spacial score (nSPS) is 16.2. The van der Waals surface area contributed by atoms with Crippen LogP contribution in [0.2, 0.25) is 0 Å². The molecule has 0 saturated carbocycles. The van der Waals surface area contributed by atoms with Crippen molar-refractivity contribution in [3.05, 3.63) is 83.0 Å². The van der Waals surface area contributed by atoms with Crippen LogP contribution in [0.25, 0.3) is 0 Å². The molecule has 1 atom stereocenters. The highest BCUT2D eigenvalue weighted by atomic mass is 16.5. The molecular formula is C24H28N4O2. The molecule has 1 aliphatic rings. The van der Waals surface area contributed by atoms with Gasteiger partial charge >= 0.3 is 0 Å². The largest absolute Gasteiger partial charge is 0.356 e. The third kappa shape index (κ3) is 4.94. The van der Waals surface area contributed by atoms with E-state index in [4.69, 9.17) is 4.52 Å². The Morgan fingerprint density at radius 3 is 2.80 bits per heavy atom. The van der Waals surface area contributed by atoms with Crippen molar-refractivity contribution in [3.63, 3.8) is 0 Å². The van der Waals surface area contributed by atoms with Gasteiger partial charge in [-0.3, -0.25) is 9.69 Å². The van der Waals surface area contributed by atoms with Gasteiger partial charge in [0, 0.05) is 25.6 Å². The van der Waals surface area contributed by atoms with Gasteiger partial charge in [0.25, 0.3) is 0 Å². The number of unbranched alkanes of at least 4 members (excludes halogenated alkanes) is 1. The molecule has 0 unspecified atom stereocenters. The number of nitrogens with zero attached hydrogens (tertiary/aromatic N) is 3. The SMILES string of the molecule is CCCCNC(=O)Cc1noc(CN2Cc3ccccc3[C@H](c3ccccc3)C2)n1. The summed E-state index contributed by atoms with van der Waals surface area (Å²) < 4.78 is 5.44. The van der Waals surface area contributed by atoms with Crippen molar-refractivity contribution in [1.29, 1.82) is 0 Å². The molecule has 2 heterocycles. The summed E-state index contributed by atoms with van der Waals surface area (Å²) in [5.74, 6) is 1.24. The molecule has 30 heavy (non-hydrogen) atoms. The van der Waals surface area contributed by atoms with Crippen LogP contribution in [0.5, 0.6) is 0 Å². The van der Waals surface area contributed by atoms with Crippen molar-refractivity contribution >= 4 is 5.91 Å². The molecular weight excluding hydrogens is 376 g/mol. The molecule has 0 bridgehead atoms. The van der Waals surface area contributed by atoms with Gasteiger partial charge in [-0.2, -0.15) is 4.98 Å². The predicted octanol–water partition coefficient (Wildman–Crippen LogP) is 3.68. The average Bonchev–Trinajstić information content (AvgIpc) is 3.20. The molecule has 4 rings (SSSR count). The van der Waals surface area contributed by atoms with Crippen LogP contribution in [-0.4, -0.2) is 34.0 Å². The minimum atomic E-state index is -0.0631. The maximum atomic E-state index is 12.0. The van der Waals surface area contributed by atoms with Gasteiger partial charge in [-0.15, -0.1) is 0 Å². The van der Waals surface area contributed by atoms with E-state index >= 15 is 0 Å². The van der Waals surface area contributed by atoms with E-state index < -0.39 is 0 Å². The van der Waals surface area contributed by atoms with Crippen molar-refractivity contribution in [2.75, 3.05) is 13.1 Å². The molecule has 1 aliphatic heterocycles. The Morgan fingerprint density at radius 1 is 1.17 bits per heavy atom. The standard InChI is InChI=1S/C24H28N4O2/c1-2-3-13-25-23(29)14-22-26-24(30-27-22)17-28-15-19-11-7-8-12-20(19)21(16-28)18-9-5-4-6-10-18/h4-12,21H,2-3,13-17H2,1H3,(H,25,29)/t21-/m0/s1. The van der Waals surface area contributed by atoms with Gasteiger partial charge in [0.1, 0.15) is 0 Å². The summed E-state index contributed by atoms with van der Waals surface area (Å²) in [6.45, 7) is 5.08. The number of rotatable bonds is 8. The van der Waals surface area contributed by atoms with Crippen LogP contribution < -0.4 is 5.32 Å². The third-order valence-electron chi connectivity index (χ3n) is 5.51. The number of carbonyl (C=O) groups is 1. The second kappa shape index (κ2) is 9.67. The second-order valence-corrected chi connectivity index (χ2v) is 7.82. The summed E-state index contributed by atoms with van der Waals surface area (Å²) in [6.07, 6.45) is 2.18. The molecule has 0 spiro atoms. The molecule has 6 heteroatoms. The highest BCUT2D eigenvalue weighted by Gasteiger charge is 2.27. The first-order valence-electron chi connectivity index (χ1n) is 10.7. The molecule has 0 radical (unpaired) electrons. The Bertz CT molecular complexity index is 970. The number of carbonyl (C=O) groups excluding carboxylic acids is 1. The fourth-order valence-electron chi connectivity index (χ4n) is 4.00. The van der Waals surface area contributed by atoms with Gasteiger partial charge in [0.05, 0.1) is 13.0 Å². The Labute approximate surface area is 177 Å². The molecule has 0 saturated heterocycles. The first-order chi connectivity index (χ1) is 14.7. The topological polar surface area (TPSA) is 71.3 Å². The van der Waals surface area contributed by atoms with Crippen molar-refractivity contribution in [3.8, 4) is 0 Å². The van der Waals surface area contributed by atoms with Crippen LogP contribution in [0, 0.1) is 0 Å². The van der Waals surface area contributed by atoms with E-state index in [2.05, 4.69) is 75.8 Å². The maximum Gasteiger partial charge on any atom is 0.240 e. The van der Waals surface area contributed by atoms with E-state index in [9.17, 15) is 4.79 Å². The summed E-state index contributed by atoms with van der Waals surface area (Å²) in [5.41, 5.74) is 4.02. The number of benzene rings is 2. The summed E-state index contributed by atoms with van der Waals surface area (Å²) >= 11 is 0. The van der Waals surface area contributed by atoms with Crippen molar-refractivity contribution in [2.45, 2.75) is 45.2 Å². The lowest BCUT2D eigenvalue weighted by Crippen LogP contribution is -2.33. The van der Waals surface area contributed by atoms with Crippen LogP contribution in [0.4, 0.5) is 0 Å². The van der Waals surface area contributed by atoms with E-state index in [0.29, 0.717) is 30.7 Å². The summed E-state index contributed by atoms with van der Waals surface area (Å²) in [4.78, 5) is 18.8. The molecule has 1 aromatic heterocycles. The Kier molecular flexibility index (Phi) is 6.54. The van der Waals surface area contributed by atoms with Crippen molar-refractivity contribution < 1.29 is 9.32 Å². The van der Waals surface area contributed by atoms with Gasteiger partial charge in [0.15, 0.2) is 5.82 Å². The first-order valence-corrected chi connectivity index (χ1v) is 10.7. The van der Waals surface area contributed by atoms with E-state index in [0.717, 1.165) is 25.9 Å². The van der Waals surface area contributed by atoms with Crippen molar-refractivity contribution in [1.82, 2.24) is 20.4 Å². The highest BCUT2D eigenvalue weighted by molar-refractivity contribution is 5.77. The Hall–Kier alpha value is -2.99. The number of amides is 1. The quantitative estimate of drug-likeness (QED) is 0.580. The minimum Gasteiger partial charge on any atom is -0.356 e. The Morgan fingerprint density at radius 2 is 1.97 bits per heavy atom. The maximum absolute atomic E-state index is 12.0. The van der Waals surface area contributed by atoms with E-state index in [1.807, 2.05) is 6.07 Å². The predicted molar refractivity (Wildman–Crippen MR) is 115 cm³/mol. The molecule has 1 amide bonds. The van der Waals surface area contributed by atoms with Gasteiger partial charge in [-0.1, -0.05) is 73.1 Å². The van der Waals surface area contributed by atoms with E-state index in [-0.39, 0.29) is 12.3 Å². The summed E-state index contributed by atoms with van der Waals surface area (Å²) in [7, 11) is 0. The van der Waals surface area contributed by atoms with Crippen LogP contribution in [0.15, 0.2) is 59.1 Å². The third-order valence-corrected chi connectivity index (χ3v) is 5.51. The Balaban J connectivity index is 1.43. The molecule has 2 aromatic carbocycles. The van der Waals surface area contributed by atoms with Gasteiger partial charge in [-0.25, -0.2) is 0 Å². The van der Waals surface area contributed by atoms with Crippen LogP contribution >= 0.6 is 0 Å².